The van der Waals surface area contributed by atoms with Gasteiger partial charge in [0.15, 0.2) is 0 Å². The number of aromatic nitrogens is 2. The highest BCUT2D eigenvalue weighted by Gasteiger charge is 2.36. The van der Waals surface area contributed by atoms with E-state index in [-0.39, 0.29) is 6.03 Å². The van der Waals surface area contributed by atoms with Crippen molar-refractivity contribution < 1.29 is 14.1 Å². The number of hydrogen-bond donors (Lipinski definition) is 1. The monoisotopic (exact) mass is 480 g/mol. The Morgan fingerprint density at radius 2 is 1.67 bits per heavy atom. The third-order valence-corrected chi connectivity index (χ3v) is 6.16. The Labute approximate surface area is 210 Å². The zero-order valence-corrected chi connectivity index (χ0v) is 20.8. The van der Waals surface area contributed by atoms with E-state index in [1.807, 2.05) is 94.4 Å². The summed E-state index contributed by atoms with van der Waals surface area (Å²) in [6.07, 6.45) is 0. The first kappa shape index (κ1) is 23.4. The van der Waals surface area contributed by atoms with Crippen molar-refractivity contribution in [3.63, 3.8) is 0 Å². The van der Waals surface area contributed by atoms with Crippen LogP contribution in [-0.4, -0.2) is 22.8 Å². The molecule has 0 aliphatic carbocycles. The highest BCUT2D eigenvalue weighted by atomic mass is 16.5. The van der Waals surface area contributed by atoms with Gasteiger partial charge < -0.3 is 14.6 Å². The summed E-state index contributed by atoms with van der Waals surface area (Å²) in [6.45, 7) is 8.48. The number of carbonyl (C=O) groups excluding carboxylic acids is 1. The average molecular weight is 481 g/mol. The van der Waals surface area contributed by atoms with Crippen LogP contribution in [0.3, 0.4) is 0 Å². The second-order valence-electron chi connectivity index (χ2n) is 8.85. The molecular weight excluding hydrogens is 452 g/mol. The van der Waals surface area contributed by atoms with Crippen LogP contribution in [-0.2, 0) is 0 Å². The van der Waals surface area contributed by atoms with Crippen molar-refractivity contribution in [2.24, 2.45) is 0 Å². The van der Waals surface area contributed by atoms with Crippen molar-refractivity contribution >= 4 is 17.3 Å². The minimum atomic E-state index is -0.473. The van der Waals surface area contributed by atoms with E-state index in [0.29, 0.717) is 18.3 Å². The lowest BCUT2D eigenvalue weighted by molar-refractivity contribution is 0.244. The molecule has 1 atom stereocenters. The second kappa shape index (κ2) is 9.70. The number of carbonyl (C=O) groups is 1. The van der Waals surface area contributed by atoms with E-state index in [2.05, 4.69) is 16.5 Å². The molecule has 2 amide bonds. The van der Waals surface area contributed by atoms with E-state index in [1.54, 1.807) is 4.90 Å². The van der Waals surface area contributed by atoms with Gasteiger partial charge in [-0.25, -0.2) is 4.79 Å². The Hall–Kier alpha value is -4.39. The predicted molar refractivity (Wildman–Crippen MR) is 140 cm³/mol. The summed E-state index contributed by atoms with van der Waals surface area (Å²) in [5, 5.41) is 7.40. The Balaban J connectivity index is 1.64. The van der Waals surface area contributed by atoms with Gasteiger partial charge in [0.05, 0.1) is 23.9 Å². The molecule has 7 nitrogen and oxygen atoms in total. The number of aryl methyl sites for hydroxylation is 2. The Morgan fingerprint density at radius 1 is 0.972 bits per heavy atom. The van der Waals surface area contributed by atoms with Crippen LogP contribution in [0, 0.1) is 13.8 Å². The fourth-order valence-corrected chi connectivity index (χ4v) is 4.62. The van der Waals surface area contributed by atoms with Crippen LogP contribution in [0.25, 0.3) is 17.0 Å². The van der Waals surface area contributed by atoms with Gasteiger partial charge in [0.25, 0.3) is 5.89 Å². The zero-order valence-electron chi connectivity index (χ0n) is 20.8. The van der Waals surface area contributed by atoms with Crippen molar-refractivity contribution in [1.82, 2.24) is 15.5 Å². The number of amides is 2. The molecule has 0 fully saturated rings. The Kier molecular flexibility index (Phi) is 6.29. The van der Waals surface area contributed by atoms with Gasteiger partial charge in [0, 0.05) is 11.3 Å². The lowest BCUT2D eigenvalue weighted by Gasteiger charge is -2.35. The number of anilines is 1. The highest BCUT2D eigenvalue weighted by Crippen LogP contribution is 2.39. The van der Waals surface area contributed by atoms with Crippen LogP contribution in [0.4, 0.5) is 10.5 Å². The molecule has 5 rings (SSSR count). The average Bonchev–Trinajstić information content (AvgIpc) is 3.34. The normalized spacial score (nSPS) is 15.7. The molecule has 7 heteroatoms. The topological polar surface area (TPSA) is 80.5 Å². The molecule has 0 spiro atoms. The number of benzene rings is 3. The van der Waals surface area contributed by atoms with Gasteiger partial charge in [-0.3, -0.25) is 4.90 Å². The number of hydrogen-bond acceptors (Lipinski definition) is 5. The van der Waals surface area contributed by atoms with Gasteiger partial charge in [0.2, 0.25) is 5.82 Å². The first-order valence-electron chi connectivity index (χ1n) is 12.0. The van der Waals surface area contributed by atoms with E-state index in [9.17, 15) is 4.79 Å². The number of rotatable bonds is 6. The van der Waals surface area contributed by atoms with Crippen molar-refractivity contribution in [2.75, 3.05) is 11.5 Å². The van der Waals surface area contributed by atoms with Crippen LogP contribution in [0.1, 0.15) is 42.5 Å². The van der Waals surface area contributed by atoms with Crippen LogP contribution in [0.15, 0.2) is 83.0 Å². The minimum absolute atomic E-state index is 0.220. The summed E-state index contributed by atoms with van der Waals surface area (Å²) in [5.41, 5.74) is 6.15. The van der Waals surface area contributed by atoms with Crippen molar-refractivity contribution in [3.05, 3.63) is 101 Å². The fraction of sp³-hybridized carbons (Fsp3) is 0.207. The van der Waals surface area contributed by atoms with Crippen molar-refractivity contribution in [3.8, 4) is 17.1 Å². The van der Waals surface area contributed by atoms with Gasteiger partial charge in [-0.15, -0.1) is 0 Å². The summed E-state index contributed by atoms with van der Waals surface area (Å²) in [4.78, 5) is 19.9. The predicted octanol–water partition coefficient (Wildman–Crippen LogP) is 6.45. The first-order chi connectivity index (χ1) is 17.4. The largest absolute Gasteiger partial charge is 0.494 e. The van der Waals surface area contributed by atoms with Crippen molar-refractivity contribution in [1.29, 1.82) is 0 Å². The molecule has 1 aliphatic heterocycles. The van der Waals surface area contributed by atoms with Gasteiger partial charge in [-0.1, -0.05) is 53.7 Å². The molecule has 36 heavy (non-hydrogen) atoms. The molecule has 0 saturated carbocycles. The third-order valence-electron chi connectivity index (χ3n) is 6.16. The minimum Gasteiger partial charge on any atom is -0.494 e. The van der Waals surface area contributed by atoms with Crippen LogP contribution in [0.5, 0.6) is 5.75 Å². The lowest BCUT2D eigenvalue weighted by Crippen LogP contribution is -2.46. The Bertz CT molecular complexity index is 1400. The third kappa shape index (κ3) is 4.47. The van der Waals surface area contributed by atoms with Gasteiger partial charge >= 0.3 is 6.03 Å². The summed E-state index contributed by atoms with van der Waals surface area (Å²) < 4.78 is 11.4. The molecule has 182 valence electrons. The van der Waals surface area contributed by atoms with Crippen LogP contribution < -0.4 is 15.0 Å². The van der Waals surface area contributed by atoms with Crippen molar-refractivity contribution in [2.45, 2.75) is 33.7 Å². The van der Waals surface area contributed by atoms with E-state index >= 15 is 0 Å². The maximum Gasteiger partial charge on any atom is 0.326 e. The molecule has 0 bridgehead atoms. The van der Waals surface area contributed by atoms with Gasteiger partial charge in [0.1, 0.15) is 5.75 Å². The molecule has 0 radical (unpaired) electrons. The number of nitrogens with zero attached hydrogens (tertiary/aromatic N) is 3. The molecule has 0 saturated heterocycles. The molecule has 4 aromatic rings. The SMILES string of the molecule is CCOc1ccc(C2NC(=O)N(c3cc(C)cc(C)c3)C(C)=C2c2nc(-c3ccccc3)no2)cc1. The van der Waals surface area contributed by atoms with E-state index in [1.165, 1.54) is 0 Å². The zero-order chi connectivity index (χ0) is 25.2. The van der Waals surface area contributed by atoms with Gasteiger partial charge in [-0.2, -0.15) is 4.98 Å². The molecule has 2 heterocycles. The van der Waals surface area contributed by atoms with Crippen LogP contribution in [0.2, 0.25) is 0 Å². The molecule has 3 aromatic carbocycles. The number of allylic oxidation sites excluding steroid dienone is 1. The first-order valence-corrected chi connectivity index (χ1v) is 12.0. The van der Waals surface area contributed by atoms with E-state index in [4.69, 9.17) is 14.2 Å². The molecule has 1 aromatic heterocycles. The highest BCUT2D eigenvalue weighted by molar-refractivity contribution is 6.01. The molecular formula is C29H28N4O3. The quantitative estimate of drug-likeness (QED) is 0.343. The fourth-order valence-electron chi connectivity index (χ4n) is 4.62. The van der Waals surface area contributed by atoms with Gasteiger partial charge in [-0.05, 0) is 68.7 Å². The second-order valence-corrected chi connectivity index (χ2v) is 8.85. The number of nitrogens with one attached hydrogen (secondary N) is 1. The maximum atomic E-state index is 13.5. The maximum absolute atomic E-state index is 13.5. The number of ether oxygens (including phenoxy) is 1. The molecule has 1 aliphatic rings. The standard InChI is InChI=1S/C29H28N4O3/c1-5-35-24-13-11-21(12-14-24)26-25(28-31-27(32-36-28)22-9-7-6-8-10-22)20(4)33(29(34)30-26)23-16-18(2)15-19(3)17-23/h6-17,26H,5H2,1-4H3,(H,30,34). The van der Waals surface area contributed by atoms with E-state index < -0.39 is 6.04 Å². The molecule has 1 unspecified atom stereocenters. The summed E-state index contributed by atoms with van der Waals surface area (Å²) >= 11 is 0. The molecule has 1 N–H and O–H groups in total. The number of urea groups is 1. The summed E-state index contributed by atoms with van der Waals surface area (Å²) in [6, 6.07) is 22.8. The Morgan fingerprint density at radius 3 is 2.33 bits per heavy atom. The van der Waals surface area contributed by atoms with Crippen LogP contribution >= 0.6 is 0 Å². The summed E-state index contributed by atoms with van der Waals surface area (Å²) in [7, 11) is 0. The lowest BCUT2D eigenvalue weighted by atomic mass is 9.94. The smallest absolute Gasteiger partial charge is 0.326 e. The summed E-state index contributed by atoms with van der Waals surface area (Å²) in [5.74, 6) is 1.62. The van der Waals surface area contributed by atoms with E-state index in [0.717, 1.165) is 45.0 Å².